The van der Waals surface area contributed by atoms with Gasteiger partial charge in [0, 0.05) is 54.4 Å². The van der Waals surface area contributed by atoms with Crippen molar-refractivity contribution in [3.8, 4) is 11.5 Å². The Morgan fingerprint density at radius 1 is 1.17 bits per heavy atom. The van der Waals surface area contributed by atoms with Gasteiger partial charge in [-0.15, -0.1) is 0 Å². The van der Waals surface area contributed by atoms with Crippen molar-refractivity contribution in [1.82, 2.24) is 19.5 Å². The highest BCUT2D eigenvalue weighted by atomic mass is 16.5. The average Bonchev–Trinajstić information content (AvgIpc) is 3.41. The number of methoxy groups -OCH3 is 1. The van der Waals surface area contributed by atoms with Gasteiger partial charge in [-0.1, -0.05) is 18.2 Å². The number of carbonyl (C=O) groups is 1. The molecule has 9 heteroatoms. The van der Waals surface area contributed by atoms with Gasteiger partial charge in [0.25, 0.3) is 5.56 Å². The molecule has 0 saturated heterocycles. The average molecular weight is 489 g/mol. The summed E-state index contributed by atoms with van der Waals surface area (Å²) in [5.41, 5.74) is 2.85. The van der Waals surface area contributed by atoms with Crippen molar-refractivity contribution in [1.29, 1.82) is 0 Å². The molecule has 0 aliphatic heterocycles. The summed E-state index contributed by atoms with van der Waals surface area (Å²) in [5, 5.41) is 10.9. The maximum atomic E-state index is 13.6. The largest absolute Gasteiger partial charge is 0.507 e. The zero-order chi connectivity index (χ0) is 25.5. The molecule has 0 radical (unpaired) electrons. The molecule has 36 heavy (non-hydrogen) atoms. The van der Waals surface area contributed by atoms with Crippen LogP contribution < -0.4 is 10.3 Å². The molecule has 0 bridgehead atoms. The minimum atomic E-state index is -0.731. The summed E-state index contributed by atoms with van der Waals surface area (Å²) >= 11 is 0. The van der Waals surface area contributed by atoms with Crippen LogP contribution in [0.3, 0.4) is 0 Å². The van der Waals surface area contributed by atoms with E-state index in [0.717, 1.165) is 11.3 Å². The van der Waals surface area contributed by atoms with Gasteiger partial charge in [-0.05, 0) is 36.8 Å². The zero-order valence-electron chi connectivity index (χ0n) is 20.2. The molecule has 1 atom stereocenters. The van der Waals surface area contributed by atoms with Crippen molar-refractivity contribution in [2.24, 2.45) is 0 Å². The number of pyridine rings is 2. The molecule has 9 nitrogen and oxygen atoms in total. The molecule has 0 saturated carbocycles. The van der Waals surface area contributed by atoms with E-state index in [-0.39, 0.29) is 23.3 Å². The number of ether oxygens (including phenoxy) is 2. The SMILES string of the molecule is COC(=O)CC(c1cccc(OCc2cccnc2)c1)c1c(O)cc(C)n(CCc2cnc[nH]2)c1=O. The number of aromatic amines is 1. The molecule has 1 unspecified atom stereocenters. The fourth-order valence-corrected chi connectivity index (χ4v) is 4.14. The number of aromatic nitrogens is 4. The van der Waals surface area contributed by atoms with Crippen molar-refractivity contribution < 1.29 is 19.4 Å². The first-order valence-electron chi connectivity index (χ1n) is 11.5. The van der Waals surface area contributed by atoms with E-state index < -0.39 is 11.9 Å². The molecular formula is C27H28N4O5. The van der Waals surface area contributed by atoms with Crippen LogP contribution in [0.25, 0.3) is 0 Å². The number of carbonyl (C=O) groups excluding carboxylic acids is 1. The smallest absolute Gasteiger partial charge is 0.306 e. The Kier molecular flexibility index (Phi) is 7.79. The van der Waals surface area contributed by atoms with Crippen LogP contribution in [0.2, 0.25) is 0 Å². The molecule has 1 aromatic carbocycles. The third kappa shape index (κ3) is 5.80. The number of hydrogen-bond acceptors (Lipinski definition) is 7. The second-order valence-corrected chi connectivity index (χ2v) is 8.42. The predicted octanol–water partition coefficient (Wildman–Crippen LogP) is 3.50. The number of hydrogen-bond donors (Lipinski definition) is 2. The maximum absolute atomic E-state index is 13.6. The van der Waals surface area contributed by atoms with Gasteiger partial charge in [0.1, 0.15) is 18.1 Å². The first kappa shape index (κ1) is 24.7. The summed E-state index contributed by atoms with van der Waals surface area (Å²) in [6.45, 7) is 2.47. The van der Waals surface area contributed by atoms with Gasteiger partial charge in [-0.2, -0.15) is 0 Å². The molecule has 3 aromatic heterocycles. The topological polar surface area (TPSA) is 119 Å². The highest BCUT2D eigenvalue weighted by Gasteiger charge is 2.27. The Morgan fingerprint density at radius 2 is 2.03 bits per heavy atom. The van der Waals surface area contributed by atoms with Crippen molar-refractivity contribution in [3.63, 3.8) is 0 Å². The number of H-pyrrole nitrogens is 1. The van der Waals surface area contributed by atoms with Gasteiger partial charge in [0.05, 0.1) is 25.4 Å². The summed E-state index contributed by atoms with van der Waals surface area (Å²) in [6.07, 6.45) is 7.15. The normalized spacial score (nSPS) is 11.7. The lowest BCUT2D eigenvalue weighted by molar-refractivity contribution is -0.140. The monoisotopic (exact) mass is 488 g/mol. The number of aromatic hydroxyl groups is 1. The molecule has 0 fully saturated rings. The molecule has 0 aliphatic carbocycles. The number of esters is 1. The summed E-state index contributed by atoms with van der Waals surface area (Å²) in [4.78, 5) is 37.1. The van der Waals surface area contributed by atoms with Crippen LogP contribution in [0.15, 0.2) is 72.2 Å². The van der Waals surface area contributed by atoms with Crippen LogP contribution in [0.4, 0.5) is 0 Å². The number of imidazole rings is 1. The lowest BCUT2D eigenvalue weighted by atomic mass is 9.88. The quantitative estimate of drug-likeness (QED) is 0.328. The van der Waals surface area contributed by atoms with Crippen molar-refractivity contribution >= 4 is 5.97 Å². The van der Waals surface area contributed by atoms with E-state index in [0.29, 0.717) is 36.6 Å². The van der Waals surface area contributed by atoms with E-state index in [9.17, 15) is 14.7 Å². The Labute approximate surface area is 208 Å². The van der Waals surface area contributed by atoms with Crippen LogP contribution in [-0.2, 0) is 29.1 Å². The predicted molar refractivity (Wildman–Crippen MR) is 133 cm³/mol. The fraction of sp³-hybridized carbons (Fsp3) is 0.259. The van der Waals surface area contributed by atoms with Gasteiger partial charge >= 0.3 is 5.97 Å². The van der Waals surface area contributed by atoms with Gasteiger partial charge in [0.15, 0.2) is 0 Å². The fourth-order valence-electron chi connectivity index (χ4n) is 4.14. The van der Waals surface area contributed by atoms with E-state index >= 15 is 0 Å². The zero-order valence-corrected chi connectivity index (χ0v) is 20.2. The standard InChI is InChI=1S/C27H28N4O5/c1-18-11-24(32)26(27(34)31(18)10-8-21-15-29-17-30-21)23(13-25(33)35-2)20-6-3-7-22(12-20)36-16-19-5-4-9-28-14-19/h3-7,9,11-12,14-15,17,23,32H,8,10,13,16H2,1-2H3,(H,29,30). The van der Waals surface area contributed by atoms with Crippen LogP contribution in [-0.4, -0.2) is 37.7 Å². The maximum Gasteiger partial charge on any atom is 0.306 e. The third-order valence-corrected chi connectivity index (χ3v) is 6.02. The van der Waals surface area contributed by atoms with E-state index in [1.165, 1.54) is 7.11 Å². The van der Waals surface area contributed by atoms with Crippen LogP contribution >= 0.6 is 0 Å². The highest BCUT2D eigenvalue weighted by molar-refractivity contribution is 5.71. The molecular weight excluding hydrogens is 460 g/mol. The number of rotatable bonds is 10. The van der Waals surface area contributed by atoms with E-state index in [1.54, 1.807) is 66.7 Å². The molecule has 4 rings (SSSR count). The summed E-state index contributed by atoms with van der Waals surface area (Å²) in [6, 6.07) is 12.5. The van der Waals surface area contributed by atoms with Crippen LogP contribution in [0.5, 0.6) is 11.5 Å². The molecule has 186 valence electrons. The van der Waals surface area contributed by atoms with Crippen molar-refractivity contribution in [3.05, 3.63) is 106 Å². The van der Waals surface area contributed by atoms with E-state index in [1.807, 2.05) is 12.1 Å². The third-order valence-electron chi connectivity index (χ3n) is 6.02. The first-order valence-corrected chi connectivity index (χ1v) is 11.5. The van der Waals surface area contributed by atoms with Gasteiger partial charge in [-0.3, -0.25) is 14.6 Å². The minimum absolute atomic E-state index is 0.116. The highest BCUT2D eigenvalue weighted by Crippen LogP contribution is 2.34. The number of benzene rings is 1. The van der Waals surface area contributed by atoms with Crippen molar-refractivity contribution in [2.75, 3.05) is 7.11 Å². The molecule has 3 heterocycles. The second kappa shape index (κ2) is 11.4. The minimum Gasteiger partial charge on any atom is -0.507 e. The van der Waals surface area contributed by atoms with Crippen molar-refractivity contribution in [2.45, 2.75) is 38.8 Å². The molecule has 0 aliphatic rings. The molecule has 0 spiro atoms. The summed E-state index contributed by atoms with van der Waals surface area (Å²) in [7, 11) is 1.30. The lowest BCUT2D eigenvalue weighted by Crippen LogP contribution is -2.29. The Bertz CT molecular complexity index is 1370. The Hall–Kier alpha value is -4.40. The molecule has 0 amide bonds. The Balaban J connectivity index is 1.69. The molecule has 4 aromatic rings. The van der Waals surface area contributed by atoms with E-state index in [4.69, 9.17) is 9.47 Å². The molecule has 2 N–H and O–H groups in total. The number of aryl methyl sites for hydroxylation is 2. The van der Waals surface area contributed by atoms with Crippen LogP contribution in [0.1, 0.15) is 40.4 Å². The summed E-state index contributed by atoms with van der Waals surface area (Å²) in [5.74, 6) is -0.820. The second-order valence-electron chi connectivity index (χ2n) is 8.42. The Morgan fingerprint density at radius 3 is 2.75 bits per heavy atom. The lowest BCUT2D eigenvalue weighted by Gasteiger charge is -2.21. The van der Waals surface area contributed by atoms with Gasteiger partial charge in [-0.25, -0.2) is 4.98 Å². The number of nitrogens with one attached hydrogen (secondary N) is 1. The number of nitrogens with zero attached hydrogens (tertiary/aromatic N) is 3. The van der Waals surface area contributed by atoms with Gasteiger partial charge < -0.3 is 24.1 Å². The van der Waals surface area contributed by atoms with E-state index in [2.05, 4.69) is 15.0 Å². The van der Waals surface area contributed by atoms with Crippen LogP contribution in [0, 0.1) is 6.92 Å². The summed E-state index contributed by atoms with van der Waals surface area (Å²) < 4.78 is 12.4. The van der Waals surface area contributed by atoms with Gasteiger partial charge in [0.2, 0.25) is 0 Å². The first-order chi connectivity index (χ1) is 17.5.